The van der Waals surface area contributed by atoms with Gasteiger partial charge in [0.15, 0.2) is 0 Å². The molecule has 0 spiro atoms. The zero-order valence-corrected chi connectivity index (χ0v) is 15.3. The molecule has 0 radical (unpaired) electrons. The molecule has 4 heteroatoms. The molecule has 2 aliphatic rings. The Hall–Kier alpha value is -2.33. The van der Waals surface area contributed by atoms with E-state index in [0.29, 0.717) is 12.0 Å². The molecule has 1 amide bonds. The fourth-order valence-electron chi connectivity index (χ4n) is 3.87. The molecule has 0 aromatic heterocycles. The van der Waals surface area contributed by atoms with Crippen molar-refractivity contribution in [1.29, 1.82) is 0 Å². The van der Waals surface area contributed by atoms with Gasteiger partial charge in [-0.25, -0.2) is 0 Å². The smallest absolute Gasteiger partial charge is 0.228 e. The minimum atomic E-state index is 0.0915. The Morgan fingerprint density at radius 2 is 1.62 bits per heavy atom. The molecule has 1 saturated heterocycles. The van der Waals surface area contributed by atoms with E-state index in [1.165, 1.54) is 5.56 Å². The number of carbonyl (C=O) groups is 1. The van der Waals surface area contributed by atoms with Gasteiger partial charge in [0.05, 0.1) is 11.4 Å². The number of nitrogens with one attached hydrogen (secondary N) is 2. The Bertz CT molecular complexity index is 753. The number of anilines is 2. The van der Waals surface area contributed by atoms with E-state index < -0.39 is 0 Å². The predicted octanol–water partition coefficient (Wildman–Crippen LogP) is 3.93. The van der Waals surface area contributed by atoms with Crippen LogP contribution < -0.4 is 10.6 Å². The topological polar surface area (TPSA) is 44.4 Å². The van der Waals surface area contributed by atoms with Crippen molar-refractivity contribution in [2.24, 2.45) is 5.92 Å². The molecule has 1 heterocycles. The fourth-order valence-corrected chi connectivity index (χ4v) is 3.87. The highest BCUT2D eigenvalue weighted by Crippen LogP contribution is 2.48. The number of benzene rings is 2. The van der Waals surface area contributed by atoms with Crippen molar-refractivity contribution < 1.29 is 4.79 Å². The summed E-state index contributed by atoms with van der Waals surface area (Å²) in [5.74, 6) is 0.593. The maximum Gasteiger partial charge on any atom is 0.228 e. The maximum absolute atomic E-state index is 12.7. The lowest BCUT2D eigenvalue weighted by Gasteiger charge is -2.30. The summed E-state index contributed by atoms with van der Waals surface area (Å²) >= 11 is 0. The molecule has 2 aromatic rings. The second kappa shape index (κ2) is 7.50. The van der Waals surface area contributed by atoms with Crippen LogP contribution in [0.1, 0.15) is 30.7 Å². The molecule has 0 unspecified atom stereocenters. The van der Waals surface area contributed by atoms with E-state index >= 15 is 0 Å². The number of hydrogen-bond acceptors (Lipinski definition) is 3. The monoisotopic (exact) mass is 349 g/mol. The quantitative estimate of drug-likeness (QED) is 0.859. The highest BCUT2D eigenvalue weighted by atomic mass is 16.2. The van der Waals surface area contributed by atoms with E-state index in [4.69, 9.17) is 0 Å². The maximum atomic E-state index is 12.7. The molecule has 2 N–H and O–H groups in total. The van der Waals surface area contributed by atoms with E-state index in [-0.39, 0.29) is 11.8 Å². The van der Waals surface area contributed by atoms with E-state index in [2.05, 4.69) is 40.8 Å². The average Bonchev–Trinajstić information content (AvgIpc) is 3.47. The zero-order chi connectivity index (χ0) is 17.9. The number of nitrogens with zero attached hydrogens (tertiary/aromatic N) is 1. The van der Waals surface area contributed by atoms with Crippen LogP contribution in [0.2, 0.25) is 0 Å². The third kappa shape index (κ3) is 3.91. The molecule has 136 valence electrons. The molecule has 4 rings (SSSR count). The van der Waals surface area contributed by atoms with Crippen LogP contribution in [0, 0.1) is 5.92 Å². The average molecular weight is 349 g/mol. The lowest BCUT2D eigenvalue weighted by atomic mass is 10.0. The van der Waals surface area contributed by atoms with Crippen LogP contribution >= 0.6 is 0 Å². The summed E-state index contributed by atoms with van der Waals surface area (Å²) in [6.45, 7) is 2.24. The van der Waals surface area contributed by atoms with Crippen molar-refractivity contribution in [2.75, 3.05) is 30.8 Å². The van der Waals surface area contributed by atoms with Gasteiger partial charge in [0.2, 0.25) is 5.91 Å². The normalized spacial score (nSPS) is 23.4. The third-order valence-electron chi connectivity index (χ3n) is 5.62. The Balaban J connectivity index is 1.38. The summed E-state index contributed by atoms with van der Waals surface area (Å²) in [4.78, 5) is 15.1. The first-order chi connectivity index (χ1) is 12.7. The van der Waals surface area contributed by atoms with Crippen molar-refractivity contribution in [3.63, 3.8) is 0 Å². The van der Waals surface area contributed by atoms with Gasteiger partial charge >= 0.3 is 0 Å². The van der Waals surface area contributed by atoms with E-state index in [1.54, 1.807) is 0 Å². The van der Waals surface area contributed by atoms with Crippen molar-refractivity contribution >= 4 is 17.3 Å². The summed E-state index contributed by atoms with van der Waals surface area (Å²) < 4.78 is 0. The molecule has 4 nitrogen and oxygen atoms in total. The number of para-hydroxylation sites is 2. The lowest BCUT2D eigenvalue weighted by molar-refractivity contribution is -0.117. The largest absolute Gasteiger partial charge is 0.381 e. The molecule has 0 bridgehead atoms. The Morgan fingerprint density at radius 1 is 0.962 bits per heavy atom. The third-order valence-corrected chi connectivity index (χ3v) is 5.62. The van der Waals surface area contributed by atoms with Crippen molar-refractivity contribution in [2.45, 2.75) is 31.2 Å². The molecular formula is C22H27N3O. The summed E-state index contributed by atoms with van der Waals surface area (Å²) in [5.41, 5.74) is 3.20. The van der Waals surface area contributed by atoms with Crippen molar-refractivity contribution in [1.82, 2.24) is 4.90 Å². The molecule has 1 aliphatic heterocycles. The Kier molecular flexibility index (Phi) is 4.93. The highest BCUT2D eigenvalue weighted by Gasteiger charge is 2.43. The van der Waals surface area contributed by atoms with Gasteiger partial charge in [-0.15, -0.1) is 0 Å². The first kappa shape index (κ1) is 17.1. The minimum absolute atomic E-state index is 0.0915. The number of piperidine rings is 1. The SMILES string of the molecule is CN1CCC(Nc2ccccc2NC(=O)[C@@H]2C[C@H]2c2ccccc2)CC1. The number of rotatable bonds is 5. The first-order valence-corrected chi connectivity index (χ1v) is 9.60. The van der Waals surface area contributed by atoms with Gasteiger partial charge in [0, 0.05) is 12.0 Å². The Labute approximate surface area is 155 Å². The van der Waals surface area contributed by atoms with Crippen molar-refractivity contribution in [3.05, 3.63) is 60.2 Å². The van der Waals surface area contributed by atoms with Crippen molar-refractivity contribution in [3.8, 4) is 0 Å². The van der Waals surface area contributed by atoms with Gasteiger partial charge in [-0.1, -0.05) is 42.5 Å². The second-order valence-electron chi connectivity index (χ2n) is 7.62. The van der Waals surface area contributed by atoms with Crippen LogP contribution in [-0.2, 0) is 4.79 Å². The van der Waals surface area contributed by atoms with Crippen LogP contribution in [0.3, 0.4) is 0 Å². The molecule has 1 aliphatic carbocycles. The highest BCUT2D eigenvalue weighted by molar-refractivity contribution is 5.97. The second-order valence-corrected chi connectivity index (χ2v) is 7.62. The summed E-state index contributed by atoms with van der Waals surface area (Å²) in [5, 5.41) is 6.79. The molecule has 2 fully saturated rings. The van der Waals surface area contributed by atoms with Crippen LogP contribution in [-0.4, -0.2) is 37.0 Å². The van der Waals surface area contributed by atoms with Gasteiger partial charge in [-0.3, -0.25) is 4.79 Å². The van der Waals surface area contributed by atoms with Gasteiger partial charge in [-0.05, 0) is 63.0 Å². The van der Waals surface area contributed by atoms with Gasteiger partial charge < -0.3 is 15.5 Å². The van der Waals surface area contributed by atoms with Crippen LogP contribution in [0.15, 0.2) is 54.6 Å². The first-order valence-electron chi connectivity index (χ1n) is 9.60. The van der Waals surface area contributed by atoms with Crippen LogP contribution in [0.4, 0.5) is 11.4 Å². The Morgan fingerprint density at radius 3 is 2.35 bits per heavy atom. The van der Waals surface area contributed by atoms with Crippen LogP contribution in [0.25, 0.3) is 0 Å². The van der Waals surface area contributed by atoms with Gasteiger partial charge in [0.25, 0.3) is 0 Å². The number of carbonyl (C=O) groups excluding carboxylic acids is 1. The van der Waals surface area contributed by atoms with E-state index in [9.17, 15) is 4.79 Å². The van der Waals surface area contributed by atoms with E-state index in [0.717, 1.165) is 43.7 Å². The molecule has 2 aromatic carbocycles. The molecule has 26 heavy (non-hydrogen) atoms. The standard InChI is InChI=1S/C22H27N3O/c1-25-13-11-17(12-14-25)23-20-9-5-6-10-21(20)24-22(26)19-15-18(19)16-7-3-2-4-8-16/h2-10,17-19,23H,11-15H2,1H3,(H,24,26)/t18-,19+/m0/s1. The molecule has 1 saturated carbocycles. The fraction of sp³-hybridized carbons (Fsp3) is 0.409. The summed E-state index contributed by atoms with van der Waals surface area (Å²) in [6.07, 6.45) is 3.22. The van der Waals surface area contributed by atoms with E-state index in [1.807, 2.05) is 36.4 Å². The predicted molar refractivity (Wildman–Crippen MR) is 107 cm³/mol. The summed E-state index contributed by atoms with van der Waals surface area (Å²) in [7, 11) is 2.17. The minimum Gasteiger partial charge on any atom is -0.381 e. The molecule has 2 atom stereocenters. The lowest BCUT2D eigenvalue weighted by Crippen LogP contribution is -2.36. The van der Waals surface area contributed by atoms with Gasteiger partial charge in [-0.2, -0.15) is 0 Å². The summed E-state index contributed by atoms with van der Waals surface area (Å²) in [6, 6.07) is 18.9. The van der Waals surface area contributed by atoms with Gasteiger partial charge in [0.1, 0.15) is 0 Å². The number of likely N-dealkylation sites (tertiary alicyclic amines) is 1. The zero-order valence-electron chi connectivity index (χ0n) is 15.3. The number of hydrogen-bond donors (Lipinski definition) is 2. The van der Waals surface area contributed by atoms with Crippen LogP contribution in [0.5, 0.6) is 0 Å². The molecular weight excluding hydrogens is 322 g/mol. The number of amides is 1.